The first-order valence-electron chi connectivity index (χ1n) is 10.1. The van der Waals surface area contributed by atoms with Gasteiger partial charge in [0, 0.05) is 19.3 Å². The number of rotatable bonds is 10. The van der Waals surface area contributed by atoms with E-state index in [-0.39, 0.29) is 24.7 Å². The molecule has 0 radical (unpaired) electrons. The van der Waals surface area contributed by atoms with Crippen molar-refractivity contribution in [2.24, 2.45) is 0 Å². The molecule has 3 rings (SSSR count). The lowest BCUT2D eigenvalue weighted by Gasteiger charge is -2.22. The maximum Gasteiger partial charge on any atom is 0.262 e. The van der Waals surface area contributed by atoms with Crippen molar-refractivity contribution in [3.05, 3.63) is 71.9 Å². The molecule has 0 spiro atoms. The van der Waals surface area contributed by atoms with Gasteiger partial charge in [0.05, 0.1) is 26.4 Å². The molecule has 0 aliphatic carbocycles. The molecule has 0 bridgehead atoms. The number of hydrogen-bond acceptors (Lipinski definition) is 6. The highest BCUT2D eigenvalue weighted by molar-refractivity contribution is 7.89. The predicted octanol–water partition coefficient (Wildman–Crippen LogP) is 3.06. The largest absolute Gasteiger partial charge is 0.497 e. The molecular formula is C23H29N3O5S. The summed E-state index contributed by atoms with van der Waals surface area (Å²) in [5.41, 5.74) is 0.622. The van der Waals surface area contributed by atoms with Crippen molar-refractivity contribution in [1.29, 1.82) is 0 Å². The lowest BCUT2D eigenvalue weighted by atomic mass is 10.1. The second-order valence-corrected chi connectivity index (χ2v) is 10.0. The Kier molecular flexibility index (Phi) is 7.22. The summed E-state index contributed by atoms with van der Waals surface area (Å²) < 4.78 is 40.2. The highest BCUT2D eigenvalue weighted by Gasteiger charge is 2.28. The minimum atomic E-state index is -3.91. The number of nitrogens with zero attached hydrogens (tertiary/aromatic N) is 3. The smallest absolute Gasteiger partial charge is 0.262 e. The Balaban J connectivity index is 1.91. The predicted molar refractivity (Wildman–Crippen MR) is 121 cm³/mol. The van der Waals surface area contributed by atoms with Crippen molar-refractivity contribution >= 4 is 10.0 Å². The van der Waals surface area contributed by atoms with E-state index in [9.17, 15) is 13.5 Å². The molecule has 3 aromatic rings. The molecule has 1 N–H and O–H groups in total. The van der Waals surface area contributed by atoms with Crippen molar-refractivity contribution in [2.75, 3.05) is 14.2 Å². The van der Waals surface area contributed by atoms with Crippen molar-refractivity contribution < 1.29 is 23.0 Å². The molecule has 32 heavy (non-hydrogen) atoms. The summed E-state index contributed by atoms with van der Waals surface area (Å²) in [7, 11) is -0.741. The number of aromatic nitrogens is 2. The SMILES string of the molecule is COc1ccc(CN(Cc2ccc(OC)cc2)S(=O)(=O)c2ccn(CC(C)(C)O)n2)cc1. The fourth-order valence-electron chi connectivity index (χ4n) is 3.19. The van der Waals surface area contributed by atoms with Gasteiger partial charge in [0.25, 0.3) is 10.0 Å². The van der Waals surface area contributed by atoms with E-state index >= 15 is 0 Å². The number of aliphatic hydroxyl groups is 1. The van der Waals surface area contributed by atoms with E-state index in [4.69, 9.17) is 9.47 Å². The van der Waals surface area contributed by atoms with E-state index in [1.807, 2.05) is 24.3 Å². The van der Waals surface area contributed by atoms with Gasteiger partial charge in [-0.25, -0.2) is 8.42 Å². The maximum atomic E-state index is 13.5. The number of ether oxygens (including phenoxy) is 2. The number of benzene rings is 2. The standard InChI is InChI=1S/C23H29N3O5S/c1-23(2,27)17-25-14-13-22(24-25)32(28,29)26(15-18-5-9-20(30-3)10-6-18)16-19-7-11-21(31-4)12-8-19/h5-14,27H,15-17H2,1-4H3. The van der Waals surface area contributed by atoms with Crippen LogP contribution in [0.4, 0.5) is 0 Å². The van der Waals surface area contributed by atoms with Crippen LogP contribution in [0, 0.1) is 0 Å². The molecular weight excluding hydrogens is 430 g/mol. The van der Waals surface area contributed by atoms with Gasteiger partial charge in [-0.2, -0.15) is 9.40 Å². The minimum absolute atomic E-state index is 0.0660. The summed E-state index contributed by atoms with van der Waals surface area (Å²) >= 11 is 0. The summed E-state index contributed by atoms with van der Waals surface area (Å²) in [6.45, 7) is 3.79. The van der Waals surface area contributed by atoms with Crippen LogP contribution < -0.4 is 9.47 Å². The molecule has 0 aliphatic rings. The Labute approximate surface area is 189 Å². The van der Waals surface area contributed by atoms with Crippen molar-refractivity contribution in [2.45, 2.75) is 44.1 Å². The normalized spacial score (nSPS) is 12.2. The Morgan fingerprint density at radius 1 is 0.906 bits per heavy atom. The number of methoxy groups -OCH3 is 2. The van der Waals surface area contributed by atoms with Gasteiger partial charge in [-0.1, -0.05) is 24.3 Å². The van der Waals surface area contributed by atoms with Crippen LogP contribution in [-0.2, 0) is 29.7 Å². The third-order valence-electron chi connectivity index (χ3n) is 4.81. The van der Waals surface area contributed by atoms with Crippen molar-refractivity contribution in [1.82, 2.24) is 14.1 Å². The summed E-state index contributed by atoms with van der Waals surface area (Å²) in [4.78, 5) is 0. The highest BCUT2D eigenvalue weighted by Crippen LogP contribution is 2.23. The van der Waals surface area contributed by atoms with E-state index in [1.165, 1.54) is 15.1 Å². The molecule has 0 saturated carbocycles. The van der Waals surface area contributed by atoms with Gasteiger partial charge in [-0.05, 0) is 55.3 Å². The topological polar surface area (TPSA) is 93.9 Å². The summed E-state index contributed by atoms with van der Waals surface area (Å²) in [6.07, 6.45) is 1.56. The zero-order valence-corrected chi connectivity index (χ0v) is 19.5. The Morgan fingerprint density at radius 2 is 1.38 bits per heavy atom. The van der Waals surface area contributed by atoms with Crippen molar-refractivity contribution in [3.8, 4) is 11.5 Å². The third-order valence-corrected chi connectivity index (χ3v) is 6.49. The van der Waals surface area contributed by atoms with Gasteiger partial charge >= 0.3 is 0 Å². The summed E-state index contributed by atoms with van der Waals surface area (Å²) in [6, 6.07) is 16.0. The molecule has 0 atom stereocenters. The van der Waals surface area contributed by atoms with Crippen molar-refractivity contribution in [3.63, 3.8) is 0 Å². The van der Waals surface area contributed by atoms with Gasteiger partial charge in [0.1, 0.15) is 11.5 Å². The average molecular weight is 460 g/mol. The second kappa shape index (κ2) is 9.72. The van der Waals surface area contributed by atoms with Gasteiger partial charge in [-0.3, -0.25) is 4.68 Å². The van der Waals surface area contributed by atoms with Crippen LogP contribution in [0.1, 0.15) is 25.0 Å². The lowest BCUT2D eigenvalue weighted by Crippen LogP contribution is -2.31. The molecule has 0 saturated heterocycles. The van der Waals surface area contributed by atoms with E-state index in [0.717, 1.165) is 11.1 Å². The van der Waals surface area contributed by atoms with Crippen LogP contribution in [0.3, 0.4) is 0 Å². The summed E-state index contributed by atoms with van der Waals surface area (Å²) in [5.74, 6) is 1.40. The van der Waals surface area contributed by atoms with Gasteiger partial charge < -0.3 is 14.6 Å². The lowest BCUT2D eigenvalue weighted by molar-refractivity contribution is 0.0573. The van der Waals surface area contributed by atoms with Crippen LogP contribution in [0.2, 0.25) is 0 Å². The number of sulfonamides is 1. The Bertz CT molecular complexity index is 1070. The molecule has 1 aromatic heterocycles. The van der Waals surface area contributed by atoms with Crippen LogP contribution >= 0.6 is 0 Å². The first-order valence-corrected chi connectivity index (χ1v) is 11.6. The molecule has 0 aliphatic heterocycles. The fraction of sp³-hybridized carbons (Fsp3) is 0.348. The molecule has 0 fully saturated rings. The zero-order valence-electron chi connectivity index (χ0n) is 18.7. The van der Waals surface area contributed by atoms with E-state index in [2.05, 4.69) is 5.10 Å². The zero-order chi connectivity index (χ0) is 23.4. The maximum absolute atomic E-state index is 13.5. The minimum Gasteiger partial charge on any atom is -0.497 e. The summed E-state index contributed by atoms with van der Waals surface area (Å²) in [5, 5.41) is 14.2. The Hall–Kier alpha value is -2.88. The molecule has 0 amide bonds. The van der Waals surface area contributed by atoms with Crippen LogP contribution in [0.5, 0.6) is 11.5 Å². The van der Waals surface area contributed by atoms with E-state index < -0.39 is 15.6 Å². The van der Waals surface area contributed by atoms with Gasteiger partial charge in [-0.15, -0.1) is 0 Å². The third kappa shape index (κ3) is 6.09. The molecule has 172 valence electrons. The van der Waals surface area contributed by atoms with E-state index in [0.29, 0.717) is 11.5 Å². The van der Waals surface area contributed by atoms with Crippen LogP contribution in [-0.4, -0.2) is 47.4 Å². The van der Waals surface area contributed by atoms with Crippen LogP contribution in [0.15, 0.2) is 65.8 Å². The fourth-order valence-corrected chi connectivity index (χ4v) is 4.54. The number of hydrogen-bond donors (Lipinski definition) is 1. The molecule has 8 nitrogen and oxygen atoms in total. The quantitative estimate of drug-likeness (QED) is 0.501. The molecule has 1 heterocycles. The first kappa shape index (κ1) is 23.8. The molecule has 2 aromatic carbocycles. The monoisotopic (exact) mass is 459 g/mol. The second-order valence-electron chi connectivity index (χ2n) is 8.13. The highest BCUT2D eigenvalue weighted by atomic mass is 32.2. The van der Waals surface area contributed by atoms with E-state index in [1.54, 1.807) is 58.5 Å². The van der Waals surface area contributed by atoms with Crippen LogP contribution in [0.25, 0.3) is 0 Å². The Morgan fingerprint density at radius 3 is 1.78 bits per heavy atom. The van der Waals surface area contributed by atoms with Gasteiger partial charge in [0.2, 0.25) is 0 Å². The van der Waals surface area contributed by atoms with Gasteiger partial charge in [0.15, 0.2) is 5.03 Å². The average Bonchev–Trinajstić information content (AvgIpc) is 3.22. The molecule has 9 heteroatoms. The first-order chi connectivity index (χ1) is 15.1. The molecule has 0 unspecified atom stereocenters.